The van der Waals surface area contributed by atoms with E-state index in [0.717, 1.165) is 22.6 Å². The van der Waals surface area contributed by atoms with Crippen molar-refractivity contribution < 1.29 is 19.4 Å². The molecule has 0 spiro atoms. The molecule has 1 saturated heterocycles. The van der Waals surface area contributed by atoms with Crippen molar-refractivity contribution in [2.24, 2.45) is 0 Å². The van der Waals surface area contributed by atoms with Gasteiger partial charge in [0.05, 0.1) is 26.0 Å². The van der Waals surface area contributed by atoms with Crippen LogP contribution in [0.25, 0.3) is 0 Å². The molecule has 0 unspecified atom stereocenters. The van der Waals surface area contributed by atoms with E-state index in [1.807, 2.05) is 18.7 Å². The minimum absolute atomic E-state index is 0.316. The van der Waals surface area contributed by atoms with Crippen LogP contribution in [-0.2, 0) is 16.1 Å². The number of carbonyl (C=O) groups excluding carboxylic acids is 1. The third-order valence-corrected chi connectivity index (χ3v) is 3.96. The molecule has 1 aliphatic rings. The summed E-state index contributed by atoms with van der Waals surface area (Å²) in [5.41, 5.74) is 2.78. The Morgan fingerprint density at radius 2 is 2.19 bits per heavy atom. The van der Waals surface area contributed by atoms with Crippen LogP contribution >= 0.6 is 0 Å². The SMILES string of the molecule is COC(=O)[C@H]1C[C@H](O)CN1Cc1ncc(C)c(OC)c1C. The second-order valence-electron chi connectivity index (χ2n) is 5.40. The first-order valence-electron chi connectivity index (χ1n) is 6.97. The number of aryl methyl sites for hydroxylation is 1. The number of esters is 1. The molecule has 2 atom stereocenters. The van der Waals surface area contributed by atoms with E-state index >= 15 is 0 Å². The first-order chi connectivity index (χ1) is 9.97. The van der Waals surface area contributed by atoms with Crippen molar-refractivity contribution in [1.29, 1.82) is 0 Å². The molecule has 0 amide bonds. The minimum Gasteiger partial charge on any atom is -0.496 e. The molecule has 1 aliphatic heterocycles. The number of nitrogens with zero attached hydrogens (tertiary/aromatic N) is 2. The van der Waals surface area contributed by atoms with E-state index in [0.29, 0.717) is 19.5 Å². The zero-order valence-electron chi connectivity index (χ0n) is 12.9. The lowest BCUT2D eigenvalue weighted by Crippen LogP contribution is -2.36. The van der Waals surface area contributed by atoms with E-state index in [4.69, 9.17) is 9.47 Å². The zero-order chi connectivity index (χ0) is 15.6. The number of ether oxygens (including phenoxy) is 2. The number of rotatable bonds is 4. The van der Waals surface area contributed by atoms with Gasteiger partial charge in [-0.3, -0.25) is 14.7 Å². The Bertz CT molecular complexity index is 533. The van der Waals surface area contributed by atoms with Gasteiger partial charge in [-0.1, -0.05) is 0 Å². The summed E-state index contributed by atoms with van der Waals surface area (Å²) in [4.78, 5) is 18.1. The maximum Gasteiger partial charge on any atom is 0.323 e. The number of β-amino-alcohol motifs (C(OH)–C–C–N with tert-alkyl or cyclic N) is 1. The molecule has 0 radical (unpaired) electrons. The average Bonchev–Trinajstić information content (AvgIpc) is 2.82. The summed E-state index contributed by atoms with van der Waals surface area (Å²) in [5, 5.41) is 9.81. The van der Waals surface area contributed by atoms with Gasteiger partial charge in [-0.05, 0) is 13.8 Å². The standard InChI is InChI=1S/C15H22N2O4/c1-9-6-16-12(10(2)14(9)20-3)8-17-7-11(18)5-13(17)15(19)21-4/h6,11,13,18H,5,7-8H2,1-4H3/t11-,13+/m0/s1. The largest absolute Gasteiger partial charge is 0.496 e. The van der Waals surface area contributed by atoms with E-state index in [-0.39, 0.29) is 5.97 Å². The number of aromatic nitrogens is 1. The predicted molar refractivity (Wildman–Crippen MR) is 77.1 cm³/mol. The molecule has 0 aromatic carbocycles. The van der Waals surface area contributed by atoms with Crippen LogP contribution in [0, 0.1) is 13.8 Å². The van der Waals surface area contributed by atoms with E-state index in [2.05, 4.69) is 4.98 Å². The van der Waals surface area contributed by atoms with Crippen molar-refractivity contribution >= 4 is 5.97 Å². The maximum atomic E-state index is 11.8. The molecule has 6 heteroatoms. The number of likely N-dealkylation sites (tertiary alicyclic amines) is 1. The average molecular weight is 294 g/mol. The van der Waals surface area contributed by atoms with Gasteiger partial charge in [0.1, 0.15) is 11.8 Å². The lowest BCUT2D eigenvalue weighted by molar-refractivity contribution is -0.146. The Labute approximate surface area is 124 Å². The normalized spacial score (nSPS) is 22.3. The lowest BCUT2D eigenvalue weighted by Gasteiger charge is -2.23. The number of hydrogen-bond acceptors (Lipinski definition) is 6. The topological polar surface area (TPSA) is 71.9 Å². The van der Waals surface area contributed by atoms with Crippen molar-refractivity contribution in [3.8, 4) is 5.75 Å². The van der Waals surface area contributed by atoms with Crippen LogP contribution in [0.3, 0.4) is 0 Å². The highest BCUT2D eigenvalue weighted by Gasteiger charge is 2.37. The van der Waals surface area contributed by atoms with Crippen LogP contribution in [0.5, 0.6) is 5.75 Å². The van der Waals surface area contributed by atoms with Crippen LogP contribution < -0.4 is 4.74 Å². The predicted octanol–water partition coefficient (Wildman–Crippen LogP) is 0.815. The fourth-order valence-corrected chi connectivity index (χ4v) is 2.86. The van der Waals surface area contributed by atoms with E-state index in [1.54, 1.807) is 13.3 Å². The highest BCUT2D eigenvalue weighted by atomic mass is 16.5. The van der Waals surface area contributed by atoms with Crippen molar-refractivity contribution in [3.05, 3.63) is 23.0 Å². The third kappa shape index (κ3) is 3.16. The van der Waals surface area contributed by atoms with Gasteiger partial charge in [0.15, 0.2) is 0 Å². The van der Waals surface area contributed by atoms with Gasteiger partial charge in [-0.25, -0.2) is 0 Å². The van der Waals surface area contributed by atoms with Crippen LogP contribution in [-0.4, -0.2) is 53.9 Å². The number of methoxy groups -OCH3 is 2. The van der Waals surface area contributed by atoms with Crippen molar-refractivity contribution in [2.45, 2.75) is 39.0 Å². The van der Waals surface area contributed by atoms with Crippen molar-refractivity contribution in [3.63, 3.8) is 0 Å². The number of aliphatic hydroxyl groups is 1. The molecule has 0 bridgehead atoms. The molecule has 116 valence electrons. The Morgan fingerprint density at radius 3 is 2.81 bits per heavy atom. The molecule has 2 rings (SSSR count). The van der Waals surface area contributed by atoms with E-state index < -0.39 is 12.1 Å². The molecule has 2 heterocycles. The fraction of sp³-hybridized carbons (Fsp3) is 0.600. The van der Waals surface area contributed by atoms with Crippen LogP contribution in [0.1, 0.15) is 23.2 Å². The van der Waals surface area contributed by atoms with Gasteiger partial charge in [-0.15, -0.1) is 0 Å². The van der Waals surface area contributed by atoms with Gasteiger partial charge in [-0.2, -0.15) is 0 Å². The van der Waals surface area contributed by atoms with Gasteiger partial charge in [0, 0.05) is 36.8 Å². The summed E-state index contributed by atoms with van der Waals surface area (Å²) >= 11 is 0. The smallest absolute Gasteiger partial charge is 0.323 e. The van der Waals surface area contributed by atoms with Gasteiger partial charge < -0.3 is 14.6 Å². The number of hydrogen-bond donors (Lipinski definition) is 1. The van der Waals surface area contributed by atoms with Crippen LogP contribution in [0.4, 0.5) is 0 Å². The number of carbonyl (C=O) groups is 1. The summed E-state index contributed by atoms with van der Waals surface area (Å²) in [7, 11) is 3.00. The van der Waals surface area contributed by atoms with E-state index in [1.165, 1.54) is 7.11 Å². The van der Waals surface area contributed by atoms with Crippen molar-refractivity contribution in [2.75, 3.05) is 20.8 Å². The third-order valence-electron chi connectivity index (χ3n) is 3.96. The summed E-state index contributed by atoms with van der Waals surface area (Å²) in [5.74, 6) is 0.498. The van der Waals surface area contributed by atoms with Crippen LogP contribution in [0.2, 0.25) is 0 Å². The molecule has 1 N–H and O–H groups in total. The first kappa shape index (κ1) is 15.7. The molecule has 21 heavy (non-hydrogen) atoms. The fourth-order valence-electron chi connectivity index (χ4n) is 2.86. The highest BCUT2D eigenvalue weighted by molar-refractivity contribution is 5.76. The zero-order valence-corrected chi connectivity index (χ0v) is 12.9. The quantitative estimate of drug-likeness (QED) is 0.829. The van der Waals surface area contributed by atoms with Gasteiger partial charge in [0.2, 0.25) is 0 Å². The van der Waals surface area contributed by atoms with Gasteiger partial charge in [0.25, 0.3) is 0 Å². The molecule has 0 aliphatic carbocycles. The first-order valence-corrected chi connectivity index (χ1v) is 6.97. The Balaban J connectivity index is 2.23. The molecular formula is C15H22N2O4. The molecule has 1 aromatic rings. The molecule has 6 nitrogen and oxygen atoms in total. The monoisotopic (exact) mass is 294 g/mol. The van der Waals surface area contributed by atoms with Gasteiger partial charge >= 0.3 is 5.97 Å². The second kappa shape index (κ2) is 6.41. The Hall–Kier alpha value is -1.66. The number of aliphatic hydroxyl groups excluding tert-OH is 1. The maximum absolute atomic E-state index is 11.8. The van der Waals surface area contributed by atoms with Crippen molar-refractivity contribution in [1.82, 2.24) is 9.88 Å². The Kier molecular flexibility index (Phi) is 4.80. The second-order valence-corrected chi connectivity index (χ2v) is 5.40. The molecule has 0 saturated carbocycles. The summed E-state index contributed by atoms with van der Waals surface area (Å²) < 4.78 is 10.2. The molecule has 1 aromatic heterocycles. The lowest BCUT2D eigenvalue weighted by atomic mass is 10.1. The summed E-state index contributed by atoms with van der Waals surface area (Å²) in [6, 6.07) is -0.418. The number of pyridine rings is 1. The minimum atomic E-state index is -0.512. The Morgan fingerprint density at radius 1 is 1.48 bits per heavy atom. The highest BCUT2D eigenvalue weighted by Crippen LogP contribution is 2.27. The molecule has 1 fully saturated rings. The molecular weight excluding hydrogens is 272 g/mol. The van der Waals surface area contributed by atoms with Crippen LogP contribution in [0.15, 0.2) is 6.20 Å². The summed E-state index contributed by atoms with van der Waals surface area (Å²) in [6.45, 7) is 4.82. The van der Waals surface area contributed by atoms with E-state index in [9.17, 15) is 9.90 Å². The summed E-state index contributed by atoms with van der Waals surface area (Å²) in [6.07, 6.45) is 1.65.